The molecule has 0 aliphatic heterocycles. The van der Waals surface area contributed by atoms with E-state index >= 15 is 0 Å². The van der Waals surface area contributed by atoms with E-state index < -0.39 is 21.9 Å². The second-order valence-corrected chi connectivity index (χ2v) is 8.46. The Bertz CT molecular complexity index is 1180. The maximum absolute atomic E-state index is 12.8. The quantitative estimate of drug-likeness (QED) is 0.495. The summed E-state index contributed by atoms with van der Waals surface area (Å²) in [5.41, 5.74) is 0.765. The predicted octanol–water partition coefficient (Wildman–Crippen LogP) is 4.20. The molecule has 0 heterocycles. The fraction of sp³-hybridized carbons (Fsp3) is 0. The zero-order valence-corrected chi connectivity index (χ0v) is 17.2. The molecule has 7 nitrogen and oxygen atoms in total. The van der Waals surface area contributed by atoms with Crippen LogP contribution in [-0.4, -0.2) is 25.4 Å². The molecule has 0 saturated carbocycles. The number of carbonyl (C=O) groups is 2. The molecule has 3 rings (SSSR count). The Balaban J connectivity index is 1.89. The minimum atomic E-state index is -4.09. The van der Waals surface area contributed by atoms with Crippen molar-refractivity contribution in [2.24, 2.45) is 0 Å². The number of carbonyl (C=O) groups excluding carboxylic acids is 1. The maximum Gasteiger partial charge on any atom is 0.335 e. The van der Waals surface area contributed by atoms with E-state index in [0.29, 0.717) is 5.69 Å². The number of amides is 1. The number of aromatic carboxylic acids is 1. The summed E-state index contributed by atoms with van der Waals surface area (Å²) in [4.78, 5) is 23.4. The van der Waals surface area contributed by atoms with Crippen molar-refractivity contribution in [1.82, 2.24) is 0 Å². The average Bonchev–Trinajstić information content (AvgIpc) is 2.68. The number of para-hydroxylation sites is 1. The largest absolute Gasteiger partial charge is 0.478 e. The third-order valence-electron chi connectivity index (χ3n) is 3.88. The number of benzene rings is 3. The molecule has 0 bridgehead atoms. The van der Waals surface area contributed by atoms with E-state index in [9.17, 15) is 18.0 Å². The van der Waals surface area contributed by atoms with E-state index in [1.54, 1.807) is 24.3 Å². The third kappa shape index (κ3) is 5.01. The first-order valence-corrected chi connectivity index (χ1v) is 10.6. The number of rotatable bonds is 6. The van der Waals surface area contributed by atoms with E-state index in [0.717, 1.165) is 0 Å². The summed E-state index contributed by atoms with van der Waals surface area (Å²) in [6, 6.07) is 18.4. The number of anilines is 2. The summed E-state index contributed by atoms with van der Waals surface area (Å²) in [5.74, 6) is -1.64. The van der Waals surface area contributed by atoms with Gasteiger partial charge in [0, 0.05) is 21.4 Å². The Morgan fingerprint density at radius 2 is 1.52 bits per heavy atom. The van der Waals surface area contributed by atoms with Gasteiger partial charge in [0.15, 0.2) is 0 Å². The fourth-order valence-electron chi connectivity index (χ4n) is 2.50. The lowest BCUT2D eigenvalue weighted by Crippen LogP contribution is -2.16. The molecule has 9 heteroatoms. The van der Waals surface area contributed by atoms with Crippen LogP contribution in [0.15, 0.2) is 82.2 Å². The second kappa shape index (κ2) is 8.46. The maximum atomic E-state index is 12.8. The van der Waals surface area contributed by atoms with E-state index in [-0.39, 0.29) is 26.2 Å². The van der Waals surface area contributed by atoms with E-state index in [4.69, 9.17) is 5.11 Å². The van der Waals surface area contributed by atoms with Crippen LogP contribution in [0.4, 0.5) is 11.4 Å². The normalized spacial score (nSPS) is 10.9. The van der Waals surface area contributed by atoms with Gasteiger partial charge in [-0.15, -0.1) is 0 Å². The highest BCUT2D eigenvalue weighted by atomic mass is 79.9. The summed E-state index contributed by atoms with van der Waals surface area (Å²) in [7, 11) is -4.09. The minimum Gasteiger partial charge on any atom is -0.478 e. The van der Waals surface area contributed by atoms with Gasteiger partial charge in [-0.3, -0.25) is 9.52 Å². The summed E-state index contributed by atoms with van der Waals surface area (Å²) < 4.78 is 28.2. The molecule has 0 aliphatic rings. The van der Waals surface area contributed by atoms with Crippen LogP contribution < -0.4 is 10.0 Å². The monoisotopic (exact) mass is 474 g/mol. The van der Waals surface area contributed by atoms with Gasteiger partial charge in [-0.2, -0.15) is 0 Å². The van der Waals surface area contributed by atoms with E-state index in [2.05, 4.69) is 26.0 Å². The van der Waals surface area contributed by atoms with Gasteiger partial charge in [-0.05, 0) is 64.5 Å². The molecule has 0 atom stereocenters. The molecule has 0 fully saturated rings. The SMILES string of the molecule is O=C(O)c1cccc(NS(=O)(=O)c2cc(C(=O)Nc3ccccc3)ccc2Br)c1. The van der Waals surface area contributed by atoms with Crippen molar-refractivity contribution in [1.29, 1.82) is 0 Å². The van der Waals surface area contributed by atoms with Crippen molar-refractivity contribution in [3.8, 4) is 0 Å². The lowest BCUT2D eigenvalue weighted by atomic mass is 10.2. The Kier molecular flexibility index (Phi) is 6.00. The first kappa shape index (κ1) is 20.6. The number of hydrogen-bond donors (Lipinski definition) is 3. The lowest BCUT2D eigenvalue weighted by Gasteiger charge is -2.12. The van der Waals surface area contributed by atoms with Crippen molar-refractivity contribution < 1.29 is 23.1 Å². The Morgan fingerprint density at radius 1 is 0.828 bits per heavy atom. The number of carboxylic acid groups (broad SMARTS) is 1. The topological polar surface area (TPSA) is 113 Å². The Morgan fingerprint density at radius 3 is 2.21 bits per heavy atom. The first-order chi connectivity index (χ1) is 13.8. The van der Waals surface area contributed by atoms with Gasteiger partial charge in [-0.25, -0.2) is 13.2 Å². The zero-order chi connectivity index (χ0) is 21.0. The van der Waals surface area contributed by atoms with Gasteiger partial charge in [0.05, 0.1) is 5.56 Å². The molecule has 0 unspecified atom stereocenters. The smallest absolute Gasteiger partial charge is 0.335 e. The van der Waals surface area contributed by atoms with Crippen molar-refractivity contribution in [3.63, 3.8) is 0 Å². The van der Waals surface area contributed by atoms with Crippen molar-refractivity contribution >= 4 is 49.2 Å². The average molecular weight is 475 g/mol. The van der Waals surface area contributed by atoms with Crippen molar-refractivity contribution in [2.45, 2.75) is 4.90 Å². The van der Waals surface area contributed by atoms with Gasteiger partial charge in [-0.1, -0.05) is 24.3 Å². The number of nitrogens with one attached hydrogen (secondary N) is 2. The lowest BCUT2D eigenvalue weighted by molar-refractivity contribution is 0.0696. The first-order valence-electron chi connectivity index (χ1n) is 8.28. The highest BCUT2D eigenvalue weighted by Crippen LogP contribution is 2.26. The summed E-state index contributed by atoms with van der Waals surface area (Å²) >= 11 is 3.19. The van der Waals surface area contributed by atoms with Crippen LogP contribution in [0.25, 0.3) is 0 Å². The van der Waals surface area contributed by atoms with Crippen LogP contribution in [0, 0.1) is 0 Å². The van der Waals surface area contributed by atoms with Gasteiger partial charge in [0.1, 0.15) is 4.90 Å². The minimum absolute atomic E-state index is 0.0553. The number of sulfonamides is 1. The Hall–Kier alpha value is -3.17. The van der Waals surface area contributed by atoms with Crippen molar-refractivity contribution in [3.05, 3.63) is 88.4 Å². The standard InChI is InChI=1S/C20H15BrN2O5S/c21-17-10-9-13(19(24)22-15-6-2-1-3-7-15)12-18(17)29(27,28)23-16-8-4-5-14(11-16)20(25)26/h1-12,23H,(H,22,24)(H,25,26). The molecule has 29 heavy (non-hydrogen) atoms. The molecule has 1 amide bonds. The molecule has 0 aliphatic carbocycles. The van der Waals surface area contributed by atoms with Crippen molar-refractivity contribution in [2.75, 3.05) is 10.0 Å². The second-order valence-electron chi connectivity index (χ2n) is 5.96. The zero-order valence-electron chi connectivity index (χ0n) is 14.8. The predicted molar refractivity (Wildman–Crippen MR) is 113 cm³/mol. The van der Waals surface area contributed by atoms with Crippen LogP contribution >= 0.6 is 15.9 Å². The third-order valence-corrected chi connectivity index (χ3v) is 6.25. The number of halogens is 1. The molecule has 3 aromatic rings. The molecule has 0 saturated heterocycles. The molecule has 0 aromatic heterocycles. The molecule has 3 N–H and O–H groups in total. The van der Waals surface area contributed by atoms with Crippen LogP contribution in [0.2, 0.25) is 0 Å². The van der Waals surface area contributed by atoms with Gasteiger partial charge < -0.3 is 10.4 Å². The van der Waals surface area contributed by atoms with Crippen LogP contribution in [0.5, 0.6) is 0 Å². The Labute approximate surface area is 175 Å². The van der Waals surface area contributed by atoms with Crippen LogP contribution in [-0.2, 0) is 10.0 Å². The fourth-order valence-corrected chi connectivity index (χ4v) is 4.54. The van der Waals surface area contributed by atoms with E-state index in [1.807, 2.05) is 6.07 Å². The molecule has 0 radical (unpaired) electrons. The molecule has 148 valence electrons. The van der Waals surface area contributed by atoms with Crippen LogP contribution in [0.3, 0.4) is 0 Å². The van der Waals surface area contributed by atoms with Gasteiger partial charge >= 0.3 is 5.97 Å². The van der Waals surface area contributed by atoms with Gasteiger partial charge in [0.2, 0.25) is 0 Å². The number of carboxylic acids is 1. The summed E-state index contributed by atoms with van der Waals surface area (Å²) in [6.07, 6.45) is 0. The molecule has 0 spiro atoms. The molecular formula is C20H15BrN2O5S. The number of hydrogen-bond acceptors (Lipinski definition) is 4. The molecule has 3 aromatic carbocycles. The van der Waals surface area contributed by atoms with E-state index in [1.165, 1.54) is 42.5 Å². The summed E-state index contributed by atoms with van der Waals surface area (Å²) in [6.45, 7) is 0. The summed E-state index contributed by atoms with van der Waals surface area (Å²) in [5, 5.41) is 11.7. The van der Waals surface area contributed by atoms with Gasteiger partial charge in [0.25, 0.3) is 15.9 Å². The molecular weight excluding hydrogens is 460 g/mol. The highest BCUT2D eigenvalue weighted by Gasteiger charge is 2.21. The highest BCUT2D eigenvalue weighted by molar-refractivity contribution is 9.10. The van der Waals surface area contributed by atoms with Crippen LogP contribution in [0.1, 0.15) is 20.7 Å².